The van der Waals surface area contributed by atoms with Crippen molar-refractivity contribution in [3.8, 4) is 0 Å². The molecular formula is C9H17N2. The lowest BCUT2D eigenvalue weighted by atomic mass is 10.1. The second-order valence-electron chi connectivity index (χ2n) is 3.83. The Morgan fingerprint density at radius 3 is 2.09 bits per heavy atom. The summed E-state index contributed by atoms with van der Waals surface area (Å²) in [6.07, 6.45) is 5.40. The van der Waals surface area contributed by atoms with Crippen LogP contribution in [0.2, 0.25) is 0 Å². The van der Waals surface area contributed by atoms with Gasteiger partial charge in [-0.15, -0.1) is 0 Å². The van der Waals surface area contributed by atoms with Crippen LogP contribution in [-0.2, 0) is 0 Å². The highest BCUT2D eigenvalue weighted by atomic mass is 15.1. The van der Waals surface area contributed by atoms with E-state index in [4.69, 9.17) is 0 Å². The average molecular weight is 153 g/mol. The highest BCUT2D eigenvalue weighted by Gasteiger charge is 2.25. The Kier molecular flexibility index (Phi) is 2.14. The van der Waals surface area contributed by atoms with Gasteiger partial charge in [0.15, 0.2) is 0 Å². The van der Waals surface area contributed by atoms with E-state index in [9.17, 15) is 0 Å². The molecule has 2 rings (SSSR count). The zero-order valence-corrected chi connectivity index (χ0v) is 7.05. The smallest absolute Gasteiger partial charge is 0.0109 e. The monoisotopic (exact) mass is 153 g/mol. The quantitative estimate of drug-likeness (QED) is 0.636. The van der Waals surface area contributed by atoms with E-state index in [1.54, 1.807) is 0 Å². The Balaban J connectivity index is 1.69. The number of rotatable bonds is 2. The van der Waals surface area contributed by atoms with Crippen LogP contribution in [0.4, 0.5) is 0 Å². The fourth-order valence-corrected chi connectivity index (χ4v) is 1.68. The molecule has 1 saturated carbocycles. The molecule has 0 amide bonds. The van der Waals surface area contributed by atoms with E-state index in [0.717, 1.165) is 12.1 Å². The molecule has 1 saturated heterocycles. The Morgan fingerprint density at radius 1 is 1.00 bits per heavy atom. The molecule has 2 fully saturated rings. The van der Waals surface area contributed by atoms with Crippen molar-refractivity contribution in [1.29, 1.82) is 0 Å². The second kappa shape index (κ2) is 3.11. The largest absolute Gasteiger partial charge is 0.311 e. The minimum atomic E-state index is 0.792. The van der Waals surface area contributed by atoms with Gasteiger partial charge in [-0.1, -0.05) is 0 Å². The third-order valence-electron chi connectivity index (χ3n) is 2.64. The first-order valence-corrected chi connectivity index (χ1v) is 4.66. The van der Waals surface area contributed by atoms with Crippen molar-refractivity contribution in [3.63, 3.8) is 0 Å². The maximum Gasteiger partial charge on any atom is 0.0109 e. The average Bonchev–Trinajstić information content (AvgIpc) is 2.78. The van der Waals surface area contributed by atoms with Crippen LogP contribution in [0.5, 0.6) is 0 Å². The summed E-state index contributed by atoms with van der Waals surface area (Å²) < 4.78 is 0. The number of nitrogens with zero attached hydrogens (tertiary/aromatic N) is 1. The van der Waals surface area contributed by atoms with Crippen molar-refractivity contribution in [2.45, 2.75) is 37.8 Å². The zero-order chi connectivity index (χ0) is 7.68. The molecule has 1 N–H and O–H groups in total. The summed E-state index contributed by atoms with van der Waals surface area (Å²) >= 11 is 0. The molecule has 1 aliphatic heterocycles. The maximum absolute atomic E-state index is 3.93. The molecule has 11 heavy (non-hydrogen) atoms. The fraction of sp³-hybridized carbons (Fsp3) is 0.889. The Morgan fingerprint density at radius 2 is 1.55 bits per heavy atom. The molecule has 0 bridgehead atoms. The zero-order valence-electron chi connectivity index (χ0n) is 7.05. The molecule has 0 aromatic heterocycles. The van der Waals surface area contributed by atoms with Crippen LogP contribution in [0, 0.1) is 7.05 Å². The molecule has 0 unspecified atom stereocenters. The lowest BCUT2D eigenvalue weighted by Crippen LogP contribution is -2.40. The van der Waals surface area contributed by atoms with Gasteiger partial charge in [0.1, 0.15) is 0 Å². The molecule has 1 radical (unpaired) electrons. The summed E-state index contributed by atoms with van der Waals surface area (Å²) in [7, 11) is 3.93. The molecule has 1 heterocycles. The first-order chi connectivity index (χ1) is 5.34. The van der Waals surface area contributed by atoms with Crippen molar-refractivity contribution < 1.29 is 0 Å². The Bertz CT molecular complexity index is 124. The number of hydrogen-bond donors (Lipinski definition) is 1. The Labute approximate surface area is 69.0 Å². The number of hydrogen-bond acceptors (Lipinski definition) is 2. The van der Waals surface area contributed by atoms with Crippen molar-refractivity contribution >= 4 is 0 Å². The van der Waals surface area contributed by atoms with Crippen LogP contribution in [-0.4, -0.2) is 30.1 Å². The molecule has 0 aromatic rings. The van der Waals surface area contributed by atoms with Gasteiger partial charge in [0, 0.05) is 19.1 Å². The van der Waals surface area contributed by atoms with Gasteiger partial charge >= 0.3 is 0 Å². The number of nitrogens with one attached hydrogen (secondary N) is 1. The minimum Gasteiger partial charge on any atom is -0.311 e. The maximum atomic E-state index is 3.93. The summed E-state index contributed by atoms with van der Waals surface area (Å²) in [5, 5.41) is 3.66. The van der Waals surface area contributed by atoms with Crippen LogP contribution in [0.25, 0.3) is 0 Å². The molecule has 0 atom stereocenters. The summed E-state index contributed by atoms with van der Waals surface area (Å²) in [5.41, 5.74) is 0. The molecule has 2 nitrogen and oxygen atoms in total. The number of piperidine rings is 1. The predicted octanol–water partition coefficient (Wildman–Crippen LogP) is 0.994. The summed E-state index contributed by atoms with van der Waals surface area (Å²) in [5.74, 6) is 0. The molecule has 1 aliphatic carbocycles. The minimum absolute atomic E-state index is 0.792. The Hall–Kier alpha value is -0.0800. The topological polar surface area (TPSA) is 15.3 Å². The van der Waals surface area contributed by atoms with Gasteiger partial charge in [0.2, 0.25) is 0 Å². The summed E-state index contributed by atoms with van der Waals surface area (Å²) in [6, 6.07) is 1.66. The molecule has 2 aliphatic rings. The van der Waals surface area contributed by atoms with Gasteiger partial charge < -0.3 is 10.2 Å². The van der Waals surface area contributed by atoms with E-state index in [0.29, 0.717) is 0 Å². The third-order valence-corrected chi connectivity index (χ3v) is 2.64. The lowest BCUT2D eigenvalue weighted by Gasteiger charge is -2.29. The van der Waals surface area contributed by atoms with Crippen LogP contribution in [0.1, 0.15) is 25.7 Å². The van der Waals surface area contributed by atoms with Crippen molar-refractivity contribution in [2.75, 3.05) is 13.1 Å². The molecule has 0 spiro atoms. The van der Waals surface area contributed by atoms with Crippen LogP contribution < -0.4 is 5.32 Å². The van der Waals surface area contributed by atoms with Crippen molar-refractivity contribution in [1.82, 2.24) is 10.2 Å². The van der Waals surface area contributed by atoms with E-state index in [-0.39, 0.29) is 0 Å². The first kappa shape index (κ1) is 7.56. The van der Waals surface area contributed by atoms with Crippen LogP contribution in [0.15, 0.2) is 0 Å². The van der Waals surface area contributed by atoms with Crippen molar-refractivity contribution in [3.05, 3.63) is 7.05 Å². The SMILES string of the molecule is [CH2]N1CCC(NC2CC2)CC1. The highest BCUT2D eigenvalue weighted by Crippen LogP contribution is 2.21. The normalized spacial score (nSPS) is 29.2. The second-order valence-corrected chi connectivity index (χ2v) is 3.83. The predicted molar refractivity (Wildman–Crippen MR) is 46.1 cm³/mol. The van der Waals surface area contributed by atoms with Crippen molar-refractivity contribution in [2.24, 2.45) is 0 Å². The van der Waals surface area contributed by atoms with E-state index in [1.165, 1.54) is 38.8 Å². The van der Waals surface area contributed by atoms with E-state index in [2.05, 4.69) is 17.3 Å². The molecule has 63 valence electrons. The molecular weight excluding hydrogens is 136 g/mol. The van der Waals surface area contributed by atoms with Gasteiger partial charge in [-0.3, -0.25) is 0 Å². The van der Waals surface area contributed by atoms with Gasteiger partial charge in [0.05, 0.1) is 0 Å². The van der Waals surface area contributed by atoms with E-state index in [1.807, 2.05) is 0 Å². The fourth-order valence-electron chi connectivity index (χ4n) is 1.68. The van der Waals surface area contributed by atoms with Gasteiger partial charge in [-0.05, 0) is 38.8 Å². The third kappa shape index (κ3) is 2.17. The standard InChI is InChI=1S/C9H17N2/c1-11-6-4-9(5-7-11)10-8-2-3-8/h8-10H,1-7H2. The highest BCUT2D eigenvalue weighted by molar-refractivity contribution is 4.87. The first-order valence-electron chi connectivity index (χ1n) is 4.66. The van der Waals surface area contributed by atoms with Crippen LogP contribution >= 0.6 is 0 Å². The van der Waals surface area contributed by atoms with Gasteiger partial charge in [-0.25, -0.2) is 0 Å². The summed E-state index contributed by atoms with van der Waals surface area (Å²) in [6.45, 7) is 2.34. The van der Waals surface area contributed by atoms with Gasteiger partial charge in [-0.2, -0.15) is 0 Å². The van der Waals surface area contributed by atoms with E-state index >= 15 is 0 Å². The number of likely N-dealkylation sites (tertiary alicyclic amines) is 1. The van der Waals surface area contributed by atoms with Crippen LogP contribution in [0.3, 0.4) is 0 Å². The van der Waals surface area contributed by atoms with E-state index < -0.39 is 0 Å². The molecule has 0 aromatic carbocycles. The summed E-state index contributed by atoms with van der Waals surface area (Å²) in [4.78, 5) is 2.17. The lowest BCUT2D eigenvalue weighted by molar-refractivity contribution is 0.255. The van der Waals surface area contributed by atoms with Gasteiger partial charge in [0.25, 0.3) is 0 Å². The molecule has 2 heteroatoms.